The predicted octanol–water partition coefficient (Wildman–Crippen LogP) is 3.59. The Bertz CT molecular complexity index is 606. The van der Waals surface area contributed by atoms with Crippen molar-refractivity contribution in [3.8, 4) is 5.75 Å². The van der Waals surface area contributed by atoms with E-state index in [0.717, 1.165) is 0 Å². The molecular weight excluding hydrogens is 290 g/mol. The number of amides is 1. The van der Waals surface area contributed by atoms with Crippen LogP contribution >= 0.6 is 11.6 Å². The molecule has 0 aliphatic rings. The lowest BCUT2D eigenvalue weighted by molar-refractivity contribution is -0.0493. The van der Waals surface area contributed by atoms with E-state index < -0.39 is 12.5 Å². The number of ether oxygens (including phenoxy) is 1. The third kappa shape index (κ3) is 3.64. The maximum absolute atomic E-state index is 12.2. The minimum Gasteiger partial charge on any atom is -0.433 e. The van der Waals surface area contributed by atoms with Gasteiger partial charge in [0.25, 0.3) is 5.91 Å². The van der Waals surface area contributed by atoms with E-state index in [1.807, 2.05) is 0 Å². The molecule has 0 spiro atoms. The van der Waals surface area contributed by atoms with Gasteiger partial charge in [0.1, 0.15) is 10.9 Å². The molecule has 0 saturated carbocycles. The van der Waals surface area contributed by atoms with Crippen LogP contribution in [0.4, 0.5) is 14.5 Å². The third-order valence-electron chi connectivity index (χ3n) is 2.34. The van der Waals surface area contributed by atoms with Gasteiger partial charge in [0.15, 0.2) is 0 Å². The van der Waals surface area contributed by atoms with E-state index in [2.05, 4.69) is 15.0 Å². The number of benzene rings is 1. The summed E-state index contributed by atoms with van der Waals surface area (Å²) < 4.78 is 28.8. The Morgan fingerprint density at radius 3 is 2.65 bits per heavy atom. The first-order valence-electron chi connectivity index (χ1n) is 5.53. The molecule has 0 fully saturated rings. The first kappa shape index (κ1) is 14.2. The summed E-state index contributed by atoms with van der Waals surface area (Å²) in [7, 11) is 0. The summed E-state index contributed by atoms with van der Waals surface area (Å²) in [5, 5.41) is 2.72. The van der Waals surface area contributed by atoms with Crippen LogP contribution in [0.2, 0.25) is 5.15 Å². The van der Waals surface area contributed by atoms with Crippen LogP contribution in [-0.2, 0) is 0 Å². The van der Waals surface area contributed by atoms with Crippen LogP contribution in [0.15, 0.2) is 42.6 Å². The van der Waals surface area contributed by atoms with Gasteiger partial charge < -0.3 is 10.1 Å². The number of carbonyl (C=O) groups is 1. The monoisotopic (exact) mass is 298 g/mol. The number of hydrogen-bond donors (Lipinski definition) is 1. The van der Waals surface area contributed by atoms with Crippen LogP contribution < -0.4 is 10.1 Å². The zero-order chi connectivity index (χ0) is 14.5. The van der Waals surface area contributed by atoms with Crippen molar-refractivity contribution in [3.63, 3.8) is 0 Å². The second-order valence-corrected chi connectivity index (χ2v) is 4.09. The summed E-state index contributed by atoms with van der Waals surface area (Å²) in [6.45, 7) is -2.97. The van der Waals surface area contributed by atoms with Gasteiger partial charge in [-0.05, 0) is 24.3 Å². The van der Waals surface area contributed by atoms with Crippen LogP contribution in [0.1, 0.15) is 10.4 Å². The molecule has 1 amide bonds. The second kappa shape index (κ2) is 6.29. The van der Waals surface area contributed by atoms with Gasteiger partial charge in [-0.2, -0.15) is 8.78 Å². The Morgan fingerprint density at radius 2 is 2.00 bits per heavy atom. The molecule has 0 atom stereocenters. The lowest BCUT2D eigenvalue weighted by Gasteiger charge is -2.11. The van der Waals surface area contributed by atoms with Crippen LogP contribution in [0.5, 0.6) is 5.75 Å². The Balaban J connectivity index is 2.17. The minimum absolute atomic E-state index is 0.113. The van der Waals surface area contributed by atoms with Gasteiger partial charge >= 0.3 is 6.61 Å². The number of anilines is 1. The predicted molar refractivity (Wildman–Crippen MR) is 70.3 cm³/mol. The molecular formula is C13H9ClF2N2O2. The molecule has 0 aliphatic heterocycles. The summed E-state index contributed by atoms with van der Waals surface area (Å²) in [5.74, 6) is -0.614. The van der Waals surface area contributed by atoms with E-state index in [-0.39, 0.29) is 22.2 Å². The fourth-order valence-corrected chi connectivity index (χ4v) is 1.59. The first-order valence-corrected chi connectivity index (χ1v) is 5.91. The molecule has 0 bridgehead atoms. The maximum atomic E-state index is 12.2. The molecule has 7 heteroatoms. The van der Waals surface area contributed by atoms with Crippen LogP contribution in [0.3, 0.4) is 0 Å². The van der Waals surface area contributed by atoms with E-state index in [0.29, 0.717) is 0 Å². The SMILES string of the molecule is O=C(Nc1ccccc1OC(F)F)c1ccc(Cl)nc1. The quantitative estimate of drug-likeness (QED) is 0.878. The van der Waals surface area contributed by atoms with Crippen molar-refractivity contribution in [3.05, 3.63) is 53.3 Å². The van der Waals surface area contributed by atoms with Crippen molar-refractivity contribution >= 4 is 23.2 Å². The molecule has 2 rings (SSSR count). The van der Waals surface area contributed by atoms with Crippen molar-refractivity contribution < 1.29 is 18.3 Å². The zero-order valence-electron chi connectivity index (χ0n) is 10.0. The molecule has 1 aromatic carbocycles. The Kier molecular flexibility index (Phi) is 4.47. The number of para-hydroxylation sites is 2. The fraction of sp³-hybridized carbons (Fsp3) is 0.0769. The smallest absolute Gasteiger partial charge is 0.387 e. The number of nitrogens with one attached hydrogen (secondary N) is 1. The fourth-order valence-electron chi connectivity index (χ4n) is 1.47. The van der Waals surface area contributed by atoms with Gasteiger partial charge in [-0.1, -0.05) is 23.7 Å². The number of halogens is 3. The Hall–Kier alpha value is -2.21. The van der Waals surface area contributed by atoms with Gasteiger partial charge in [0.05, 0.1) is 11.3 Å². The molecule has 1 heterocycles. The molecule has 104 valence electrons. The van der Waals surface area contributed by atoms with Crippen LogP contribution in [0, 0.1) is 0 Å². The number of aromatic nitrogens is 1. The number of nitrogens with zero attached hydrogens (tertiary/aromatic N) is 1. The molecule has 0 aliphatic carbocycles. The molecule has 0 unspecified atom stereocenters. The van der Waals surface area contributed by atoms with Gasteiger partial charge in [-0.15, -0.1) is 0 Å². The first-order chi connectivity index (χ1) is 9.56. The molecule has 4 nitrogen and oxygen atoms in total. The van der Waals surface area contributed by atoms with Crippen molar-refractivity contribution in [1.82, 2.24) is 4.98 Å². The average molecular weight is 299 g/mol. The topological polar surface area (TPSA) is 51.2 Å². The highest BCUT2D eigenvalue weighted by Crippen LogP contribution is 2.25. The van der Waals surface area contributed by atoms with E-state index in [4.69, 9.17) is 11.6 Å². The Morgan fingerprint density at radius 1 is 1.25 bits per heavy atom. The number of carbonyl (C=O) groups excluding carboxylic acids is 1. The molecule has 1 N–H and O–H groups in total. The van der Waals surface area contributed by atoms with Crippen molar-refractivity contribution in [2.45, 2.75) is 6.61 Å². The Labute approximate surface area is 118 Å². The van der Waals surface area contributed by atoms with Crippen molar-refractivity contribution in [2.75, 3.05) is 5.32 Å². The summed E-state index contributed by atoms with van der Waals surface area (Å²) >= 11 is 5.61. The minimum atomic E-state index is -2.97. The van der Waals surface area contributed by atoms with Crippen molar-refractivity contribution in [1.29, 1.82) is 0 Å². The standard InChI is InChI=1S/C13H9ClF2N2O2/c14-11-6-5-8(7-17-11)12(19)18-9-3-1-2-4-10(9)20-13(15)16/h1-7,13H,(H,18,19). The van der Waals surface area contributed by atoms with E-state index in [1.54, 1.807) is 6.07 Å². The summed E-state index contributed by atoms with van der Waals surface area (Å²) in [6, 6.07) is 8.84. The second-order valence-electron chi connectivity index (χ2n) is 3.70. The van der Waals surface area contributed by atoms with Gasteiger partial charge in [-0.25, -0.2) is 4.98 Å². The van der Waals surface area contributed by atoms with E-state index >= 15 is 0 Å². The highest BCUT2D eigenvalue weighted by molar-refractivity contribution is 6.29. The van der Waals surface area contributed by atoms with Crippen molar-refractivity contribution in [2.24, 2.45) is 0 Å². The molecule has 0 saturated heterocycles. The lowest BCUT2D eigenvalue weighted by Crippen LogP contribution is -2.14. The summed E-state index contributed by atoms with van der Waals surface area (Å²) in [4.78, 5) is 15.7. The van der Waals surface area contributed by atoms with E-state index in [1.165, 1.54) is 36.5 Å². The van der Waals surface area contributed by atoms with Crippen LogP contribution in [-0.4, -0.2) is 17.5 Å². The maximum Gasteiger partial charge on any atom is 0.387 e. The zero-order valence-corrected chi connectivity index (χ0v) is 10.8. The highest BCUT2D eigenvalue weighted by Gasteiger charge is 2.12. The number of rotatable bonds is 4. The van der Waals surface area contributed by atoms with Crippen LogP contribution in [0.25, 0.3) is 0 Å². The number of alkyl halides is 2. The summed E-state index contributed by atoms with van der Waals surface area (Å²) in [6.07, 6.45) is 1.29. The average Bonchev–Trinajstić information content (AvgIpc) is 2.41. The lowest BCUT2D eigenvalue weighted by atomic mass is 10.2. The molecule has 20 heavy (non-hydrogen) atoms. The van der Waals surface area contributed by atoms with E-state index in [9.17, 15) is 13.6 Å². The third-order valence-corrected chi connectivity index (χ3v) is 2.56. The van der Waals surface area contributed by atoms with Gasteiger partial charge in [-0.3, -0.25) is 4.79 Å². The number of hydrogen-bond acceptors (Lipinski definition) is 3. The number of pyridine rings is 1. The molecule has 0 radical (unpaired) electrons. The normalized spacial score (nSPS) is 10.4. The van der Waals surface area contributed by atoms with Gasteiger partial charge in [0.2, 0.25) is 0 Å². The molecule has 2 aromatic rings. The highest BCUT2D eigenvalue weighted by atomic mass is 35.5. The summed E-state index contributed by atoms with van der Waals surface area (Å²) in [5.41, 5.74) is 0.397. The molecule has 1 aromatic heterocycles. The van der Waals surface area contributed by atoms with Gasteiger partial charge in [0, 0.05) is 6.20 Å². The largest absolute Gasteiger partial charge is 0.433 e.